The van der Waals surface area contributed by atoms with Crippen LogP contribution >= 0.6 is 11.6 Å². The standard InChI is InChI=1S/C13H11ClO3/c14-13(17)7-6-10(8-11(13)15)12(16)9-4-2-1-3-5-9/h1-8,11,15,17H. The SMILES string of the molecule is O=C(C1=CC(O)C(O)(Cl)C=C1)c1ccccc1. The number of benzene rings is 1. The number of aliphatic hydroxyl groups excluding tert-OH is 1. The van der Waals surface area contributed by atoms with Crippen molar-refractivity contribution in [3.05, 3.63) is 59.7 Å². The number of ketones is 1. The molecule has 3 nitrogen and oxygen atoms in total. The third-order valence-corrected chi connectivity index (χ3v) is 2.90. The maximum absolute atomic E-state index is 12.0. The van der Waals surface area contributed by atoms with Gasteiger partial charge in [-0.05, 0) is 12.2 Å². The number of carbonyl (C=O) groups is 1. The molecule has 1 aromatic rings. The Labute approximate surface area is 104 Å². The van der Waals surface area contributed by atoms with Crippen molar-refractivity contribution < 1.29 is 15.0 Å². The molecule has 0 bridgehead atoms. The Kier molecular flexibility index (Phi) is 3.15. The lowest BCUT2D eigenvalue weighted by atomic mass is 9.95. The summed E-state index contributed by atoms with van der Waals surface area (Å²) in [5.74, 6) is -0.215. The topological polar surface area (TPSA) is 57.5 Å². The van der Waals surface area contributed by atoms with Crippen molar-refractivity contribution in [2.45, 2.75) is 11.2 Å². The Balaban J connectivity index is 2.27. The lowest BCUT2D eigenvalue weighted by Crippen LogP contribution is -2.35. The van der Waals surface area contributed by atoms with Crippen LogP contribution in [0.2, 0.25) is 0 Å². The quantitative estimate of drug-likeness (QED) is 0.620. The van der Waals surface area contributed by atoms with E-state index in [-0.39, 0.29) is 5.78 Å². The van der Waals surface area contributed by atoms with Crippen molar-refractivity contribution in [1.29, 1.82) is 0 Å². The minimum Gasteiger partial charge on any atom is -0.384 e. The van der Waals surface area contributed by atoms with E-state index >= 15 is 0 Å². The normalized spacial score (nSPS) is 27.7. The van der Waals surface area contributed by atoms with Crippen LogP contribution in [0.4, 0.5) is 0 Å². The molecule has 0 saturated heterocycles. The zero-order chi connectivity index (χ0) is 12.5. The average Bonchev–Trinajstić information content (AvgIpc) is 2.33. The molecule has 0 aromatic heterocycles. The molecule has 0 radical (unpaired) electrons. The van der Waals surface area contributed by atoms with Gasteiger partial charge in [-0.25, -0.2) is 0 Å². The summed E-state index contributed by atoms with van der Waals surface area (Å²) in [5.41, 5.74) is 0.838. The molecule has 0 aliphatic heterocycles. The number of alkyl halides is 1. The first-order valence-electron chi connectivity index (χ1n) is 5.11. The van der Waals surface area contributed by atoms with Crippen LogP contribution in [0.3, 0.4) is 0 Å². The molecule has 0 amide bonds. The number of rotatable bonds is 2. The molecule has 1 aliphatic carbocycles. The summed E-state index contributed by atoms with van der Waals surface area (Å²) in [4.78, 5) is 12.0. The van der Waals surface area contributed by atoms with E-state index in [1.165, 1.54) is 18.2 Å². The van der Waals surface area contributed by atoms with Crippen molar-refractivity contribution in [3.63, 3.8) is 0 Å². The number of Topliss-reactive ketones (excluding diaryl/α,β-unsaturated/α-hetero) is 1. The molecule has 0 spiro atoms. The molecular weight excluding hydrogens is 240 g/mol. The number of hydrogen-bond donors (Lipinski definition) is 2. The number of allylic oxidation sites excluding steroid dienone is 2. The van der Waals surface area contributed by atoms with E-state index in [9.17, 15) is 15.0 Å². The molecule has 0 saturated carbocycles. The number of halogens is 1. The molecule has 2 atom stereocenters. The van der Waals surface area contributed by atoms with Crippen molar-refractivity contribution in [1.82, 2.24) is 0 Å². The van der Waals surface area contributed by atoms with Gasteiger partial charge in [0.15, 0.2) is 10.8 Å². The number of carbonyl (C=O) groups excluding carboxylic acids is 1. The molecule has 1 aliphatic rings. The van der Waals surface area contributed by atoms with E-state index in [1.807, 2.05) is 6.07 Å². The van der Waals surface area contributed by atoms with E-state index in [0.717, 1.165) is 0 Å². The Morgan fingerprint density at radius 1 is 1.29 bits per heavy atom. The van der Waals surface area contributed by atoms with Gasteiger partial charge in [0.25, 0.3) is 0 Å². The highest BCUT2D eigenvalue weighted by atomic mass is 35.5. The summed E-state index contributed by atoms with van der Waals surface area (Å²) < 4.78 is 0. The number of aliphatic hydroxyl groups is 2. The largest absolute Gasteiger partial charge is 0.384 e. The van der Waals surface area contributed by atoms with Gasteiger partial charge in [0.1, 0.15) is 6.10 Å². The average molecular weight is 251 g/mol. The van der Waals surface area contributed by atoms with Crippen LogP contribution in [0.25, 0.3) is 0 Å². The van der Waals surface area contributed by atoms with Crippen LogP contribution in [0.1, 0.15) is 10.4 Å². The fraction of sp³-hybridized carbons (Fsp3) is 0.154. The van der Waals surface area contributed by atoms with Gasteiger partial charge in [-0.1, -0.05) is 48.0 Å². The van der Waals surface area contributed by atoms with E-state index in [2.05, 4.69) is 0 Å². The Bertz CT molecular complexity index is 489. The van der Waals surface area contributed by atoms with Crippen LogP contribution in [-0.4, -0.2) is 27.2 Å². The molecule has 2 unspecified atom stereocenters. The molecule has 2 rings (SSSR count). The summed E-state index contributed by atoms with van der Waals surface area (Å²) in [7, 11) is 0. The highest BCUT2D eigenvalue weighted by molar-refractivity contribution is 6.25. The highest BCUT2D eigenvalue weighted by Gasteiger charge is 2.32. The summed E-state index contributed by atoms with van der Waals surface area (Å²) in [6.07, 6.45) is 2.57. The first kappa shape index (κ1) is 12.0. The van der Waals surface area contributed by atoms with Crippen LogP contribution < -0.4 is 0 Å². The summed E-state index contributed by atoms with van der Waals surface area (Å²) in [6, 6.07) is 8.70. The van der Waals surface area contributed by atoms with Gasteiger partial charge in [0.2, 0.25) is 0 Å². The Morgan fingerprint density at radius 3 is 2.53 bits per heavy atom. The third kappa shape index (κ3) is 2.47. The fourth-order valence-corrected chi connectivity index (χ4v) is 1.68. The van der Waals surface area contributed by atoms with E-state index in [1.54, 1.807) is 24.3 Å². The van der Waals surface area contributed by atoms with Gasteiger partial charge in [0, 0.05) is 11.1 Å². The Morgan fingerprint density at radius 2 is 1.94 bits per heavy atom. The molecule has 1 aromatic carbocycles. The van der Waals surface area contributed by atoms with Crippen LogP contribution in [0.5, 0.6) is 0 Å². The molecule has 2 N–H and O–H groups in total. The molecule has 0 fully saturated rings. The van der Waals surface area contributed by atoms with Crippen LogP contribution in [-0.2, 0) is 0 Å². The van der Waals surface area contributed by atoms with Gasteiger partial charge >= 0.3 is 0 Å². The van der Waals surface area contributed by atoms with Gasteiger partial charge in [0.05, 0.1) is 0 Å². The number of hydrogen-bond acceptors (Lipinski definition) is 3. The van der Waals surface area contributed by atoms with Gasteiger partial charge in [-0.3, -0.25) is 4.79 Å². The van der Waals surface area contributed by atoms with Crippen molar-refractivity contribution in [2.75, 3.05) is 0 Å². The zero-order valence-corrected chi connectivity index (χ0v) is 9.63. The minimum absolute atomic E-state index is 0.215. The molecule has 17 heavy (non-hydrogen) atoms. The predicted octanol–water partition coefficient (Wildman–Crippen LogP) is 1.65. The van der Waals surface area contributed by atoms with Gasteiger partial charge < -0.3 is 10.2 Å². The van der Waals surface area contributed by atoms with E-state index in [4.69, 9.17) is 11.6 Å². The maximum atomic E-state index is 12.0. The van der Waals surface area contributed by atoms with Crippen LogP contribution in [0.15, 0.2) is 54.1 Å². The highest BCUT2D eigenvalue weighted by Crippen LogP contribution is 2.26. The second-order valence-electron chi connectivity index (χ2n) is 3.82. The second kappa shape index (κ2) is 4.45. The lowest BCUT2D eigenvalue weighted by Gasteiger charge is -2.24. The van der Waals surface area contributed by atoms with Crippen LogP contribution in [0, 0.1) is 0 Å². The first-order chi connectivity index (χ1) is 8.00. The van der Waals surface area contributed by atoms with Crippen molar-refractivity contribution in [2.24, 2.45) is 0 Å². The van der Waals surface area contributed by atoms with E-state index in [0.29, 0.717) is 11.1 Å². The minimum atomic E-state index is -1.83. The van der Waals surface area contributed by atoms with E-state index < -0.39 is 11.2 Å². The Hall–Kier alpha value is -1.42. The summed E-state index contributed by atoms with van der Waals surface area (Å²) >= 11 is 5.60. The predicted molar refractivity (Wildman–Crippen MR) is 64.8 cm³/mol. The maximum Gasteiger partial charge on any atom is 0.192 e. The first-order valence-corrected chi connectivity index (χ1v) is 5.48. The smallest absolute Gasteiger partial charge is 0.192 e. The fourth-order valence-electron chi connectivity index (χ4n) is 1.56. The lowest BCUT2D eigenvalue weighted by molar-refractivity contribution is 0.0469. The molecule has 88 valence electrons. The van der Waals surface area contributed by atoms with Gasteiger partial charge in [-0.2, -0.15) is 0 Å². The molecular formula is C13H11ClO3. The summed E-state index contributed by atoms with van der Waals surface area (Å²) in [6.45, 7) is 0. The molecule has 4 heteroatoms. The molecule has 0 heterocycles. The van der Waals surface area contributed by atoms with Crippen molar-refractivity contribution in [3.8, 4) is 0 Å². The zero-order valence-electron chi connectivity index (χ0n) is 8.88. The monoisotopic (exact) mass is 250 g/mol. The summed E-state index contributed by atoms with van der Waals surface area (Å²) in [5, 5.41) is 17.2. The third-order valence-electron chi connectivity index (χ3n) is 2.55. The second-order valence-corrected chi connectivity index (χ2v) is 4.43. The van der Waals surface area contributed by atoms with Crippen molar-refractivity contribution >= 4 is 17.4 Å². The van der Waals surface area contributed by atoms with Gasteiger partial charge in [-0.15, -0.1) is 0 Å².